The smallest absolute Gasteiger partial charge is 0.212 e. The molecule has 0 spiro atoms. The van der Waals surface area contributed by atoms with Crippen molar-refractivity contribution in [1.29, 1.82) is 0 Å². The number of rotatable bonds is 5. The summed E-state index contributed by atoms with van der Waals surface area (Å²) >= 11 is 3.29. The van der Waals surface area contributed by atoms with Gasteiger partial charge >= 0.3 is 0 Å². The molecule has 80 valence electrons. The minimum absolute atomic E-state index is 0.0209. The highest BCUT2D eigenvalue weighted by Crippen LogP contribution is 2.08. The number of halogens is 1. The lowest BCUT2D eigenvalue weighted by Gasteiger charge is -2.21. The van der Waals surface area contributed by atoms with Gasteiger partial charge in [-0.3, -0.25) is 0 Å². The molecule has 0 fully saturated rings. The van der Waals surface area contributed by atoms with Gasteiger partial charge in [0.15, 0.2) is 0 Å². The van der Waals surface area contributed by atoms with Gasteiger partial charge in [-0.05, 0) is 19.8 Å². The molecule has 0 aliphatic heterocycles. The molecule has 13 heavy (non-hydrogen) atoms. The second-order valence-corrected chi connectivity index (χ2v) is 6.63. The lowest BCUT2D eigenvalue weighted by Crippen LogP contribution is -2.42. The molecule has 0 aromatic rings. The van der Waals surface area contributed by atoms with Crippen molar-refractivity contribution >= 4 is 26.0 Å². The highest BCUT2D eigenvalue weighted by Gasteiger charge is 2.22. The Hall–Kier alpha value is 0.390. The van der Waals surface area contributed by atoms with Gasteiger partial charge in [0.25, 0.3) is 0 Å². The first-order valence-electron chi connectivity index (χ1n) is 4.38. The molecule has 0 aromatic heterocycles. The fourth-order valence-corrected chi connectivity index (χ4v) is 2.87. The van der Waals surface area contributed by atoms with E-state index in [2.05, 4.69) is 20.7 Å². The van der Waals surface area contributed by atoms with Crippen LogP contribution in [-0.4, -0.2) is 25.0 Å². The van der Waals surface area contributed by atoms with E-state index in [4.69, 9.17) is 0 Å². The van der Waals surface area contributed by atoms with Crippen molar-refractivity contribution in [2.45, 2.75) is 39.0 Å². The van der Waals surface area contributed by atoms with Crippen molar-refractivity contribution in [3.05, 3.63) is 0 Å². The van der Waals surface area contributed by atoms with E-state index in [1.807, 2.05) is 13.8 Å². The van der Waals surface area contributed by atoms with Gasteiger partial charge in [0.1, 0.15) is 0 Å². The number of sulfonamides is 1. The first kappa shape index (κ1) is 13.4. The van der Waals surface area contributed by atoms with Crippen molar-refractivity contribution < 1.29 is 8.42 Å². The quantitative estimate of drug-likeness (QED) is 0.775. The van der Waals surface area contributed by atoms with Gasteiger partial charge in [-0.15, -0.1) is 0 Å². The molecule has 0 rings (SSSR count). The molecular formula is C8H18BrNO2S. The Morgan fingerprint density at radius 3 is 1.92 bits per heavy atom. The summed E-state index contributed by atoms with van der Waals surface area (Å²) in [5.41, 5.74) is 0. The van der Waals surface area contributed by atoms with Crippen LogP contribution < -0.4 is 4.72 Å². The van der Waals surface area contributed by atoms with Gasteiger partial charge in [-0.25, -0.2) is 13.1 Å². The predicted octanol–water partition coefficient (Wildman–Crippen LogP) is 1.73. The predicted molar refractivity (Wildman–Crippen MR) is 59.6 cm³/mol. The molecule has 0 saturated carbocycles. The summed E-state index contributed by atoms with van der Waals surface area (Å²) in [7, 11) is -3.13. The van der Waals surface area contributed by atoms with Gasteiger partial charge in [0.2, 0.25) is 10.0 Å². The molecule has 1 unspecified atom stereocenters. The zero-order chi connectivity index (χ0) is 10.6. The van der Waals surface area contributed by atoms with Crippen LogP contribution in [0.1, 0.15) is 27.7 Å². The maximum atomic E-state index is 11.5. The van der Waals surface area contributed by atoms with Crippen molar-refractivity contribution in [2.75, 3.05) is 5.33 Å². The van der Waals surface area contributed by atoms with Gasteiger partial charge < -0.3 is 0 Å². The maximum absolute atomic E-state index is 11.5. The van der Waals surface area contributed by atoms with Crippen molar-refractivity contribution in [3.63, 3.8) is 0 Å². The van der Waals surface area contributed by atoms with E-state index in [-0.39, 0.29) is 11.3 Å². The molecule has 0 aromatic carbocycles. The van der Waals surface area contributed by atoms with E-state index >= 15 is 0 Å². The van der Waals surface area contributed by atoms with Crippen LogP contribution in [0.3, 0.4) is 0 Å². The topological polar surface area (TPSA) is 46.2 Å². The minimum Gasteiger partial charge on any atom is -0.212 e. The van der Waals surface area contributed by atoms with E-state index in [1.165, 1.54) is 0 Å². The summed E-state index contributed by atoms with van der Waals surface area (Å²) in [5.74, 6) is 0.299. The molecule has 0 radical (unpaired) electrons. The fourth-order valence-electron chi connectivity index (χ4n) is 0.693. The van der Waals surface area contributed by atoms with Crippen molar-refractivity contribution in [2.24, 2.45) is 5.92 Å². The standard InChI is InChI=1S/C8H18BrNO2S/c1-6(2)8(5-9)10-13(11,12)7(3)4/h6-8,10H,5H2,1-4H3. The van der Waals surface area contributed by atoms with E-state index in [0.29, 0.717) is 11.2 Å². The van der Waals surface area contributed by atoms with Crippen LogP contribution in [0.15, 0.2) is 0 Å². The third-order valence-corrected chi connectivity index (χ3v) is 4.48. The SMILES string of the molecule is CC(C)C(CBr)NS(=O)(=O)C(C)C. The van der Waals surface area contributed by atoms with E-state index in [1.54, 1.807) is 13.8 Å². The third kappa shape index (κ3) is 4.42. The Morgan fingerprint density at radius 2 is 1.69 bits per heavy atom. The molecule has 0 heterocycles. The first-order valence-corrected chi connectivity index (χ1v) is 7.05. The van der Waals surface area contributed by atoms with Crippen LogP contribution in [-0.2, 0) is 10.0 Å². The Bertz CT molecular complexity index is 237. The van der Waals surface area contributed by atoms with E-state index in [0.717, 1.165) is 0 Å². The summed E-state index contributed by atoms with van der Waals surface area (Å²) in [5, 5.41) is 0.282. The molecule has 3 nitrogen and oxygen atoms in total. The Morgan fingerprint density at radius 1 is 1.23 bits per heavy atom. The summed E-state index contributed by atoms with van der Waals surface area (Å²) < 4.78 is 25.6. The average molecular weight is 272 g/mol. The molecule has 0 bridgehead atoms. The van der Waals surface area contributed by atoms with Crippen LogP contribution in [0.4, 0.5) is 0 Å². The van der Waals surface area contributed by atoms with E-state index in [9.17, 15) is 8.42 Å². The molecule has 0 amide bonds. The number of hydrogen-bond donors (Lipinski definition) is 1. The van der Waals surface area contributed by atoms with Crippen molar-refractivity contribution in [1.82, 2.24) is 4.72 Å². The molecule has 1 N–H and O–H groups in total. The lowest BCUT2D eigenvalue weighted by atomic mass is 10.1. The highest BCUT2D eigenvalue weighted by atomic mass is 79.9. The monoisotopic (exact) mass is 271 g/mol. The molecule has 5 heteroatoms. The summed E-state index contributed by atoms with van der Waals surface area (Å²) in [6, 6.07) is -0.0209. The average Bonchev–Trinajstić information content (AvgIpc) is 1.99. The van der Waals surface area contributed by atoms with Gasteiger partial charge in [0.05, 0.1) is 5.25 Å². The lowest BCUT2D eigenvalue weighted by molar-refractivity contribution is 0.480. The minimum atomic E-state index is -3.13. The van der Waals surface area contributed by atoms with Crippen molar-refractivity contribution in [3.8, 4) is 0 Å². The Labute approximate surface area is 89.5 Å². The highest BCUT2D eigenvalue weighted by molar-refractivity contribution is 9.09. The van der Waals surface area contributed by atoms with Crippen LogP contribution in [0, 0.1) is 5.92 Å². The van der Waals surface area contributed by atoms with Crippen LogP contribution in [0.5, 0.6) is 0 Å². The second-order valence-electron chi connectivity index (χ2n) is 3.72. The van der Waals surface area contributed by atoms with Crippen LogP contribution in [0.2, 0.25) is 0 Å². The van der Waals surface area contributed by atoms with Gasteiger partial charge in [-0.2, -0.15) is 0 Å². The second kappa shape index (κ2) is 5.32. The Balaban J connectivity index is 4.41. The summed E-state index contributed by atoms with van der Waals surface area (Å²) in [6.45, 7) is 7.34. The summed E-state index contributed by atoms with van der Waals surface area (Å²) in [6.07, 6.45) is 0. The molecule has 0 saturated heterocycles. The number of nitrogens with one attached hydrogen (secondary N) is 1. The fraction of sp³-hybridized carbons (Fsp3) is 1.00. The molecular weight excluding hydrogens is 254 g/mol. The van der Waals surface area contributed by atoms with Gasteiger partial charge in [-0.1, -0.05) is 29.8 Å². The number of hydrogen-bond acceptors (Lipinski definition) is 2. The number of alkyl halides is 1. The third-order valence-electron chi connectivity index (χ3n) is 1.91. The zero-order valence-electron chi connectivity index (χ0n) is 8.54. The van der Waals surface area contributed by atoms with Gasteiger partial charge in [0, 0.05) is 11.4 Å². The zero-order valence-corrected chi connectivity index (χ0v) is 10.9. The molecule has 1 atom stereocenters. The molecule has 0 aliphatic carbocycles. The summed E-state index contributed by atoms with van der Waals surface area (Å²) in [4.78, 5) is 0. The van der Waals surface area contributed by atoms with Crippen LogP contribution >= 0.6 is 15.9 Å². The molecule has 0 aliphatic rings. The largest absolute Gasteiger partial charge is 0.214 e. The maximum Gasteiger partial charge on any atom is 0.214 e. The van der Waals surface area contributed by atoms with Crippen LogP contribution in [0.25, 0.3) is 0 Å². The normalized spacial score (nSPS) is 15.3. The Kier molecular flexibility index (Phi) is 5.47. The first-order chi connectivity index (χ1) is 5.81. The van der Waals surface area contributed by atoms with E-state index < -0.39 is 10.0 Å².